The van der Waals surface area contributed by atoms with Crippen LogP contribution < -0.4 is 5.69 Å². The summed E-state index contributed by atoms with van der Waals surface area (Å²) in [5, 5.41) is 1.87. The Labute approximate surface area is 178 Å². The van der Waals surface area contributed by atoms with Crippen LogP contribution in [0.15, 0.2) is 57.4 Å². The number of imidazole rings is 1. The Hall–Kier alpha value is -1.73. The molecule has 1 atom stereocenters. The second-order valence-corrected chi connectivity index (χ2v) is 8.54. The molecular weight excluding hydrogens is 417 g/mol. The van der Waals surface area contributed by atoms with Crippen molar-refractivity contribution in [1.82, 2.24) is 14.1 Å². The largest absolute Gasteiger partial charge is 0.370 e. The normalized spacial score (nSPS) is 12.5. The molecule has 2 heterocycles. The Kier molecular flexibility index (Phi) is 6.55. The first-order valence-electron chi connectivity index (χ1n) is 8.71. The molecule has 0 aliphatic heterocycles. The summed E-state index contributed by atoms with van der Waals surface area (Å²) < 4.78 is 9.19. The number of aromatic nitrogens is 3. The van der Waals surface area contributed by atoms with Gasteiger partial charge in [-0.2, -0.15) is 0 Å². The van der Waals surface area contributed by atoms with E-state index in [0.717, 1.165) is 21.2 Å². The molecular formula is C20H21Cl2N3O2S. The van der Waals surface area contributed by atoms with Crippen molar-refractivity contribution in [2.75, 3.05) is 7.11 Å². The molecule has 2 aromatic heterocycles. The Bertz CT molecular complexity index is 1010. The summed E-state index contributed by atoms with van der Waals surface area (Å²) in [5.74, 6) is 0. The molecule has 28 heavy (non-hydrogen) atoms. The van der Waals surface area contributed by atoms with Crippen LogP contribution in [0.2, 0.25) is 10.0 Å². The molecule has 1 unspecified atom stereocenters. The summed E-state index contributed by atoms with van der Waals surface area (Å²) in [6.07, 6.45) is 3.01. The zero-order valence-electron chi connectivity index (χ0n) is 16.0. The first-order chi connectivity index (χ1) is 13.3. The third kappa shape index (κ3) is 4.15. The van der Waals surface area contributed by atoms with Crippen LogP contribution in [0.3, 0.4) is 0 Å². The summed E-state index contributed by atoms with van der Waals surface area (Å²) in [6.45, 7) is 3.96. The number of methoxy groups -OCH3 is 1. The minimum absolute atomic E-state index is 0.0315. The maximum Gasteiger partial charge on any atom is 0.329 e. The van der Waals surface area contributed by atoms with Crippen LogP contribution in [0.4, 0.5) is 0 Å². The highest BCUT2D eigenvalue weighted by Crippen LogP contribution is 2.39. The van der Waals surface area contributed by atoms with Crippen molar-refractivity contribution in [3.63, 3.8) is 0 Å². The van der Waals surface area contributed by atoms with Gasteiger partial charge in [0.1, 0.15) is 11.1 Å². The summed E-state index contributed by atoms with van der Waals surface area (Å²) in [4.78, 5) is 18.1. The minimum Gasteiger partial charge on any atom is -0.370 e. The highest BCUT2D eigenvalue weighted by molar-refractivity contribution is 7.99. The number of rotatable bonds is 6. The topological polar surface area (TPSA) is 49.1 Å². The number of nitrogens with zero attached hydrogens (tertiary/aromatic N) is 3. The van der Waals surface area contributed by atoms with E-state index >= 15 is 0 Å². The molecule has 3 rings (SSSR count). The van der Waals surface area contributed by atoms with E-state index in [4.69, 9.17) is 27.9 Å². The molecule has 3 aromatic rings. The first-order valence-corrected chi connectivity index (χ1v) is 10.3. The summed E-state index contributed by atoms with van der Waals surface area (Å²) in [7, 11) is 3.38. The number of pyridine rings is 1. The van der Waals surface area contributed by atoms with Crippen LogP contribution in [-0.2, 0) is 11.8 Å². The van der Waals surface area contributed by atoms with Crippen molar-refractivity contribution in [1.29, 1.82) is 0 Å². The van der Waals surface area contributed by atoms with Crippen molar-refractivity contribution >= 4 is 35.0 Å². The number of ether oxygens (including phenoxy) is 1. The quantitative estimate of drug-likeness (QED) is 0.520. The Balaban J connectivity index is 2.22. The van der Waals surface area contributed by atoms with Crippen LogP contribution in [0, 0.1) is 0 Å². The zero-order valence-corrected chi connectivity index (χ0v) is 18.3. The predicted molar refractivity (Wildman–Crippen MR) is 114 cm³/mol. The van der Waals surface area contributed by atoms with Crippen LogP contribution >= 0.6 is 35.0 Å². The summed E-state index contributed by atoms with van der Waals surface area (Å²) >= 11 is 13.8. The SMILES string of the molecule is COC(c1cccnc1)c1c(Sc2cc(Cl)cc(Cl)c2)n(C(C)C)c(=O)n1C. The predicted octanol–water partition coefficient (Wildman–Crippen LogP) is 5.36. The molecule has 148 valence electrons. The fourth-order valence-electron chi connectivity index (χ4n) is 3.10. The first kappa shape index (κ1) is 21.0. The van der Waals surface area contributed by atoms with Crippen molar-refractivity contribution in [3.05, 3.63) is 74.5 Å². The molecule has 8 heteroatoms. The molecule has 0 radical (unpaired) electrons. The van der Waals surface area contributed by atoms with Crippen LogP contribution in [0.5, 0.6) is 0 Å². The van der Waals surface area contributed by atoms with Crippen molar-refractivity contribution in [2.24, 2.45) is 7.05 Å². The van der Waals surface area contributed by atoms with E-state index in [9.17, 15) is 4.79 Å². The zero-order chi connectivity index (χ0) is 20.4. The monoisotopic (exact) mass is 437 g/mol. The molecule has 0 N–H and O–H groups in total. The lowest BCUT2D eigenvalue weighted by molar-refractivity contribution is 0.127. The maximum atomic E-state index is 13.0. The van der Waals surface area contributed by atoms with E-state index in [1.54, 1.807) is 41.8 Å². The van der Waals surface area contributed by atoms with E-state index in [0.29, 0.717) is 10.0 Å². The van der Waals surface area contributed by atoms with Crippen LogP contribution in [-0.4, -0.2) is 21.2 Å². The summed E-state index contributed by atoms with van der Waals surface area (Å²) in [6, 6.07) is 9.09. The molecule has 0 saturated carbocycles. The van der Waals surface area contributed by atoms with E-state index in [1.807, 2.05) is 38.1 Å². The van der Waals surface area contributed by atoms with Gasteiger partial charge in [0.15, 0.2) is 0 Å². The lowest BCUT2D eigenvalue weighted by atomic mass is 10.1. The van der Waals surface area contributed by atoms with Crippen LogP contribution in [0.1, 0.15) is 37.3 Å². The smallest absolute Gasteiger partial charge is 0.329 e. The third-order valence-corrected chi connectivity index (χ3v) is 5.84. The number of halogens is 2. The molecule has 0 saturated heterocycles. The van der Waals surface area contributed by atoms with Gasteiger partial charge in [0.2, 0.25) is 0 Å². The van der Waals surface area contributed by atoms with E-state index in [-0.39, 0.29) is 11.7 Å². The van der Waals surface area contributed by atoms with Gasteiger partial charge in [0.05, 0.1) is 5.69 Å². The Morgan fingerprint density at radius 1 is 1.18 bits per heavy atom. The second kappa shape index (κ2) is 8.74. The fourth-order valence-corrected chi connectivity index (χ4v) is 5.09. The van der Waals surface area contributed by atoms with Gasteiger partial charge in [-0.3, -0.25) is 14.1 Å². The van der Waals surface area contributed by atoms with Gasteiger partial charge in [-0.05, 0) is 38.1 Å². The molecule has 0 fully saturated rings. The number of hydrogen-bond donors (Lipinski definition) is 0. The average molecular weight is 438 g/mol. The highest BCUT2D eigenvalue weighted by atomic mass is 35.5. The van der Waals surface area contributed by atoms with Crippen molar-refractivity contribution in [2.45, 2.75) is 35.9 Å². The van der Waals surface area contributed by atoms with Gasteiger partial charge >= 0.3 is 5.69 Å². The standard InChI is InChI=1S/C20H21Cl2N3O2S/c1-12(2)25-19(28-16-9-14(21)8-15(22)10-16)17(24(3)20(25)26)18(27-4)13-6-5-7-23-11-13/h5-12,18H,1-4H3. The molecule has 1 aromatic carbocycles. The number of hydrogen-bond acceptors (Lipinski definition) is 4. The Morgan fingerprint density at radius 3 is 2.39 bits per heavy atom. The maximum absolute atomic E-state index is 13.0. The molecule has 0 spiro atoms. The molecule has 0 aliphatic rings. The van der Waals surface area contributed by atoms with Gasteiger partial charge in [-0.25, -0.2) is 4.79 Å². The van der Waals surface area contributed by atoms with E-state index < -0.39 is 6.10 Å². The van der Waals surface area contributed by atoms with E-state index in [1.165, 1.54) is 11.8 Å². The number of benzene rings is 1. The molecule has 5 nitrogen and oxygen atoms in total. The Morgan fingerprint density at radius 2 is 1.86 bits per heavy atom. The van der Waals surface area contributed by atoms with Gasteiger partial charge in [-0.15, -0.1) is 0 Å². The molecule has 0 aliphatic carbocycles. The van der Waals surface area contributed by atoms with Gasteiger partial charge in [0, 0.05) is 53.1 Å². The van der Waals surface area contributed by atoms with Gasteiger partial charge in [-0.1, -0.05) is 41.0 Å². The van der Waals surface area contributed by atoms with Crippen LogP contribution in [0.25, 0.3) is 0 Å². The van der Waals surface area contributed by atoms with Gasteiger partial charge < -0.3 is 4.74 Å². The molecule has 0 amide bonds. The third-order valence-electron chi connectivity index (χ3n) is 4.33. The average Bonchev–Trinajstić information content (AvgIpc) is 2.87. The van der Waals surface area contributed by atoms with E-state index in [2.05, 4.69) is 4.98 Å². The van der Waals surface area contributed by atoms with Crippen molar-refractivity contribution < 1.29 is 4.74 Å². The second-order valence-electron chi connectivity index (χ2n) is 6.61. The fraction of sp³-hybridized carbons (Fsp3) is 0.300. The lowest BCUT2D eigenvalue weighted by Gasteiger charge is -2.19. The minimum atomic E-state index is -0.441. The highest BCUT2D eigenvalue weighted by Gasteiger charge is 2.28. The lowest BCUT2D eigenvalue weighted by Crippen LogP contribution is -2.24. The summed E-state index contributed by atoms with van der Waals surface area (Å²) in [5.41, 5.74) is 1.52. The van der Waals surface area contributed by atoms with Gasteiger partial charge in [0.25, 0.3) is 0 Å². The van der Waals surface area contributed by atoms with Crippen molar-refractivity contribution in [3.8, 4) is 0 Å². The molecule has 0 bridgehead atoms.